The van der Waals surface area contributed by atoms with Crippen LogP contribution in [-0.4, -0.2) is 18.0 Å². The van der Waals surface area contributed by atoms with Gasteiger partial charge in [0.1, 0.15) is 5.75 Å². The van der Waals surface area contributed by atoms with E-state index in [9.17, 15) is 5.21 Å². The van der Waals surface area contributed by atoms with Crippen molar-refractivity contribution in [3.05, 3.63) is 65.2 Å². The average Bonchev–Trinajstić information content (AvgIpc) is 2.53. The molecule has 1 N–H and O–H groups in total. The molecule has 0 saturated heterocycles. The third kappa shape index (κ3) is 2.16. The molecule has 2 aromatic carbocycles. The fourth-order valence-electron chi connectivity index (χ4n) is 2.91. The second-order valence-electron chi connectivity index (χ2n) is 5.01. The Kier molecular flexibility index (Phi) is 3.42. The van der Waals surface area contributed by atoms with Crippen molar-refractivity contribution in [2.24, 2.45) is 5.16 Å². The molecule has 1 aliphatic carbocycles. The SMILES string of the molecule is COc1ccc2c(c1)CC[C@@H](c1ccccc1)/C2=N/O. The summed E-state index contributed by atoms with van der Waals surface area (Å²) >= 11 is 0. The number of aryl methyl sites for hydroxylation is 1. The quantitative estimate of drug-likeness (QED) is 0.667. The Bertz CT molecular complexity index is 635. The third-order valence-electron chi connectivity index (χ3n) is 3.93. The summed E-state index contributed by atoms with van der Waals surface area (Å²) in [7, 11) is 1.67. The molecule has 3 nitrogen and oxygen atoms in total. The van der Waals surface area contributed by atoms with Crippen molar-refractivity contribution in [2.45, 2.75) is 18.8 Å². The molecule has 1 aliphatic rings. The number of methoxy groups -OCH3 is 1. The van der Waals surface area contributed by atoms with E-state index < -0.39 is 0 Å². The number of oxime groups is 1. The van der Waals surface area contributed by atoms with E-state index >= 15 is 0 Å². The van der Waals surface area contributed by atoms with Gasteiger partial charge in [0.25, 0.3) is 0 Å². The minimum Gasteiger partial charge on any atom is -0.497 e. The van der Waals surface area contributed by atoms with Crippen molar-refractivity contribution in [3.63, 3.8) is 0 Å². The second kappa shape index (κ2) is 5.37. The number of nitrogens with zero attached hydrogens (tertiary/aromatic N) is 1. The molecule has 0 heterocycles. The highest BCUT2D eigenvalue weighted by molar-refractivity contribution is 6.06. The van der Waals surface area contributed by atoms with Gasteiger partial charge in [-0.15, -0.1) is 0 Å². The van der Waals surface area contributed by atoms with E-state index in [1.54, 1.807) is 7.11 Å². The molecule has 1 atom stereocenters. The maximum atomic E-state index is 9.45. The van der Waals surface area contributed by atoms with Crippen molar-refractivity contribution in [3.8, 4) is 5.75 Å². The van der Waals surface area contributed by atoms with Gasteiger partial charge in [-0.05, 0) is 42.2 Å². The predicted octanol–water partition coefficient (Wildman–Crippen LogP) is 3.60. The Labute approximate surface area is 118 Å². The maximum Gasteiger partial charge on any atom is 0.119 e. The second-order valence-corrected chi connectivity index (χ2v) is 5.01. The standard InChI is InChI=1S/C17H17NO2/c1-20-14-8-10-16-13(11-14)7-9-15(17(16)18-19)12-5-3-2-4-6-12/h2-6,8,10-11,15,19H,7,9H2,1H3/b18-17-/t15-/m0/s1. The minimum absolute atomic E-state index is 0.155. The van der Waals surface area contributed by atoms with Crippen LogP contribution in [0.2, 0.25) is 0 Å². The van der Waals surface area contributed by atoms with Crippen LogP contribution in [0.1, 0.15) is 29.0 Å². The van der Waals surface area contributed by atoms with E-state index in [0.29, 0.717) is 0 Å². The number of rotatable bonds is 2. The molecular weight excluding hydrogens is 250 g/mol. The number of hydrogen-bond acceptors (Lipinski definition) is 3. The summed E-state index contributed by atoms with van der Waals surface area (Å²) in [6, 6.07) is 16.1. The zero-order chi connectivity index (χ0) is 13.9. The lowest BCUT2D eigenvalue weighted by atomic mass is 9.78. The Morgan fingerprint density at radius 1 is 1.15 bits per heavy atom. The summed E-state index contributed by atoms with van der Waals surface area (Å²) in [6.45, 7) is 0. The van der Waals surface area contributed by atoms with Crippen LogP contribution in [0, 0.1) is 0 Å². The van der Waals surface area contributed by atoms with Gasteiger partial charge in [-0.3, -0.25) is 0 Å². The highest BCUT2D eigenvalue weighted by Crippen LogP contribution is 2.34. The summed E-state index contributed by atoms with van der Waals surface area (Å²) in [6.07, 6.45) is 1.91. The lowest BCUT2D eigenvalue weighted by molar-refractivity contribution is 0.316. The highest BCUT2D eigenvalue weighted by atomic mass is 16.5. The number of hydrogen-bond donors (Lipinski definition) is 1. The molecule has 0 radical (unpaired) electrons. The molecule has 0 saturated carbocycles. The Morgan fingerprint density at radius 2 is 1.95 bits per heavy atom. The average molecular weight is 267 g/mol. The Balaban J connectivity index is 2.03. The molecule has 3 rings (SSSR count). The summed E-state index contributed by atoms with van der Waals surface area (Å²) in [4.78, 5) is 0. The van der Waals surface area contributed by atoms with E-state index in [1.807, 2.05) is 36.4 Å². The van der Waals surface area contributed by atoms with E-state index in [4.69, 9.17) is 4.74 Å². The van der Waals surface area contributed by atoms with E-state index in [-0.39, 0.29) is 5.92 Å². The molecule has 0 aromatic heterocycles. The lowest BCUT2D eigenvalue weighted by Gasteiger charge is -2.26. The van der Waals surface area contributed by atoms with Crippen LogP contribution < -0.4 is 4.74 Å². The van der Waals surface area contributed by atoms with Crippen molar-refractivity contribution in [1.82, 2.24) is 0 Å². The lowest BCUT2D eigenvalue weighted by Crippen LogP contribution is -2.22. The van der Waals surface area contributed by atoms with Crippen LogP contribution in [0.15, 0.2) is 53.7 Å². The van der Waals surface area contributed by atoms with Crippen LogP contribution in [0.5, 0.6) is 5.75 Å². The van der Waals surface area contributed by atoms with Gasteiger partial charge < -0.3 is 9.94 Å². The van der Waals surface area contributed by atoms with Gasteiger partial charge in [0, 0.05) is 11.5 Å². The van der Waals surface area contributed by atoms with Gasteiger partial charge in [-0.1, -0.05) is 35.5 Å². The van der Waals surface area contributed by atoms with Crippen LogP contribution in [-0.2, 0) is 6.42 Å². The smallest absolute Gasteiger partial charge is 0.119 e. The third-order valence-corrected chi connectivity index (χ3v) is 3.93. The fraction of sp³-hybridized carbons (Fsp3) is 0.235. The maximum absolute atomic E-state index is 9.45. The molecule has 0 unspecified atom stereocenters. The number of benzene rings is 2. The van der Waals surface area contributed by atoms with Crippen LogP contribution in [0.3, 0.4) is 0 Å². The van der Waals surface area contributed by atoms with Crippen molar-refractivity contribution in [2.75, 3.05) is 7.11 Å². The van der Waals surface area contributed by atoms with Crippen LogP contribution in [0.25, 0.3) is 0 Å². The topological polar surface area (TPSA) is 41.8 Å². The summed E-state index contributed by atoms with van der Waals surface area (Å²) in [5, 5.41) is 13.0. The Morgan fingerprint density at radius 3 is 2.65 bits per heavy atom. The van der Waals surface area contributed by atoms with Crippen LogP contribution >= 0.6 is 0 Å². The first-order chi connectivity index (χ1) is 9.83. The van der Waals surface area contributed by atoms with Crippen molar-refractivity contribution < 1.29 is 9.94 Å². The molecule has 0 fully saturated rings. The van der Waals surface area contributed by atoms with E-state index in [0.717, 1.165) is 29.9 Å². The summed E-state index contributed by atoms with van der Waals surface area (Å²) in [5.74, 6) is 1.00. The van der Waals surface area contributed by atoms with Crippen molar-refractivity contribution in [1.29, 1.82) is 0 Å². The normalized spacial score (nSPS) is 19.6. The van der Waals surface area contributed by atoms with Gasteiger partial charge in [0.2, 0.25) is 0 Å². The molecule has 2 aromatic rings. The Hall–Kier alpha value is -2.29. The highest BCUT2D eigenvalue weighted by Gasteiger charge is 2.27. The predicted molar refractivity (Wildman–Crippen MR) is 78.8 cm³/mol. The number of ether oxygens (including phenoxy) is 1. The minimum atomic E-state index is 0.155. The first kappa shape index (κ1) is 12.7. The van der Waals surface area contributed by atoms with Gasteiger partial charge in [0.05, 0.1) is 12.8 Å². The summed E-state index contributed by atoms with van der Waals surface area (Å²) < 4.78 is 5.26. The summed E-state index contributed by atoms with van der Waals surface area (Å²) in [5.41, 5.74) is 4.15. The van der Waals surface area contributed by atoms with Crippen molar-refractivity contribution >= 4 is 5.71 Å². The van der Waals surface area contributed by atoms with Crippen LogP contribution in [0.4, 0.5) is 0 Å². The van der Waals surface area contributed by atoms with Gasteiger partial charge >= 0.3 is 0 Å². The van der Waals surface area contributed by atoms with Gasteiger partial charge in [-0.2, -0.15) is 0 Å². The molecule has 0 amide bonds. The molecule has 20 heavy (non-hydrogen) atoms. The molecule has 0 bridgehead atoms. The van der Waals surface area contributed by atoms with Gasteiger partial charge in [-0.25, -0.2) is 0 Å². The molecule has 0 spiro atoms. The molecule has 3 heteroatoms. The van der Waals surface area contributed by atoms with E-state index in [2.05, 4.69) is 17.3 Å². The van der Waals surface area contributed by atoms with E-state index in [1.165, 1.54) is 11.1 Å². The fourth-order valence-corrected chi connectivity index (χ4v) is 2.91. The first-order valence-electron chi connectivity index (χ1n) is 6.77. The monoisotopic (exact) mass is 267 g/mol. The molecular formula is C17H17NO2. The zero-order valence-corrected chi connectivity index (χ0v) is 11.4. The largest absolute Gasteiger partial charge is 0.497 e. The number of fused-ring (bicyclic) bond motifs is 1. The molecule has 102 valence electrons. The van der Waals surface area contributed by atoms with Gasteiger partial charge in [0.15, 0.2) is 0 Å². The molecule has 0 aliphatic heterocycles. The zero-order valence-electron chi connectivity index (χ0n) is 11.4. The first-order valence-corrected chi connectivity index (χ1v) is 6.77.